The maximum Gasteiger partial charge on any atom is 0.236 e. The fraction of sp³-hybridized carbons (Fsp3) is 0.333. The molecular weight excluding hydrogens is 356 g/mol. The van der Waals surface area contributed by atoms with E-state index in [9.17, 15) is 9.90 Å². The number of likely N-dealkylation sites (tertiary alicyclic amines) is 1. The maximum atomic E-state index is 11.8. The van der Waals surface area contributed by atoms with Crippen LogP contribution in [0.25, 0.3) is 22.4 Å². The smallest absolute Gasteiger partial charge is 0.236 e. The van der Waals surface area contributed by atoms with E-state index in [4.69, 9.17) is 10.5 Å². The van der Waals surface area contributed by atoms with Gasteiger partial charge < -0.3 is 25.5 Å². The quantitative estimate of drug-likeness (QED) is 0.631. The number of aromatic nitrogens is 2. The molecule has 1 saturated heterocycles. The number of H-pyrrole nitrogens is 1. The van der Waals surface area contributed by atoms with Crippen LogP contribution < -0.4 is 10.5 Å². The second kappa shape index (κ2) is 7.90. The summed E-state index contributed by atoms with van der Waals surface area (Å²) in [6.45, 7) is 1.86. The van der Waals surface area contributed by atoms with Crippen LogP contribution >= 0.6 is 0 Å². The van der Waals surface area contributed by atoms with Crippen LogP contribution in [0.3, 0.4) is 0 Å². The van der Waals surface area contributed by atoms with Crippen LogP contribution in [0.5, 0.6) is 11.5 Å². The lowest BCUT2D eigenvalue weighted by Crippen LogP contribution is -2.44. The first-order chi connectivity index (χ1) is 13.7. The van der Waals surface area contributed by atoms with Crippen molar-refractivity contribution in [2.75, 3.05) is 26.2 Å². The third kappa shape index (κ3) is 3.66. The molecule has 0 spiro atoms. The summed E-state index contributed by atoms with van der Waals surface area (Å²) < 4.78 is 5.91. The Balaban J connectivity index is 1.48. The highest BCUT2D eigenvalue weighted by Gasteiger charge is 2.24. The molecule has 2 aromatic carbocycles. The number of imidazole rings is 1. The van der Waals surface area contributed by atoms with Crippen molar-refractivity contribution in [3.8, 4) is 22.9 Å². The molecule has 1 fully saturated rings. The zero-order valence-electron chi connectivity index (χ0n) is 15.6. The highest BCUT2D eigenvalue weighted by molar-refractivity contribution is 5.81. The van der Waals surface area contributed by atoms with Gasteiger partial charge in [0.15, 0.2) is 11.5 Å². The van der Waals surface area contributed by atoms with Crippen LogP contribution in [-0.4, -0.2) is 52.1 Å². The molecule has 4 N–H and O–H groups in total. The molecule has 4 rings (SSSR count). The lowest BCUT2D eigenvalue weighted by molar-refractivity contribution is -0.131. The third-order valence-corrected chi connectivity index (χ3v) is 5.16. The number of hydrogen-bond donors (Lipinski definition) is 3. The SMILES string of the molecule is NCC(=O)N1CCCC(COc2cccc(-c3nc4ccccc4[nH]3)c2O)C1. The van der Waals surface area contributed by atoms with E-state index in [2.05, 4.69) is 9.97 Å². The Morgan fingerprint density at radius 2 is 2.14 bits per heavy atom. The Labute approximate surface area is 163 Å². The van der Waals surface area contributed by atoms with Crippen molar-refractivity contribution in [2.45, 2.75) is 12.8 Å². The first kappa shape index (κ1) is 18.3. The number of para-hydroxylation sites is 3. The average molecular weight is 380 g/mol. The number of amides is 1. The van der Waals surface area contributed by atoms with E-state index in [0.717, 1.165) is 30.4 Å². The molecule has 1 aliphatic rings. The lowest BCUT2D eigenvalue weighted by Gasteiger charge is -2.32. The van der Waals surface area contributed by atoms with Crippen LogP contribution in [0.15, 0.2) is 42.5 Å². The topological polar surface area (TPSA) is 104 Å². The fourth-order valence-electron chi connectivity index (χ4n) is 3.67. The molecule has 1 aromatic heterocycles. The van der Waals surface area contributed by atoms with E-state index >= 15 is 0 Å². The number of fused-ring (bicyclic) bond motifs is 1. The Morgan fingerprint density at radius 1 is 1.29 bits per heavy atom. The van der Waals surface area contributed by atoms with Gasteiger partial charge in [0, 0.05) is 19.0 Å². The van der Waals surface area contributed by atoms with E-state index in [0.29, 0.717) is 30.3 Å². The summed E-state index contributed by atoms with van der Waals surface area (Å²) >= 11 is 0. The number of piperidine rings is 1. The Hall–Kier alpha value is -3.06. The number of phenols is 1. The van der Waals surface area contributed by atoms with E-state index in [1.807, 2.05) is 36.4 Å². The number of nitrogens with zero attached hydrogens (tertiary/aromatic N) is 2. The van der Waals surface area contributed by atoms with Crippen molar-refractivity contribution < 1.29 is 14.6 Å². The normalized spacial score (nSPS) is 17.0. The average Bonchev–Trinajstić information content (AvgIpc) is 3.16. The van der Waals surface area contributed by atoms with Gasteiger partial charge in [0.25, 0.3) is 0 Å². The third-order valence-electron chi connectivity index (χ3n) is 5.16. The molecule has 1 unspecified atom stereocenters. The number of benzene rings is 2. The standard InChI is InChI=1S/C21H24N4O3/c22-11-19(26)25-10-4-5-14(12-25)13-28-18-9-3-6-15(20(18)27)21-23-16-7-1-2-8-17(16)24-21/h1-3,6-9,14,27H,4-5,10-13,22H2,(H,23,24). The van der Waals surface area contributed by atoms with Gasteiger partial charge in [-0.1, -0.05) is 18.2 Å². The van der Waals surface area contributed by atoms with Crippen LogP contribution in [0.2, 0.25) is 0 Å². The molecule has 28 heavy (non-hydrogen) atoms. The monoisotopic (exact) mass is 380 g/mol. The van der Waals surface area contributed by atoms with E-state index in [1.165, 1.54) is 0 Å². The summed E-state index contributed by atoms with van der Waals surface area (Å²) in [7, 11) is 0. The molecule has 146 valence electrons. The molecule has 7 heteroatoms. The van der Waals surface area contributed by atoms with Gasteiger partial charge in [-0.15, -0.1) is 0 Å². The predicted molar refractivity (Wildman–Crippen MR) is 107 cm³/mol. The molecule has 0 bridgehead atoms. The summed E-state index contributed by atoms with van der Waals surface area (Å²) in [5, 5.41) is 10.7. The van der Waals surface area contributed by atoms with Gasteiger partial charge in [-0.2, -0.15) is 0 Å². The molecule has 1 aliphatic heterocycles. The van der Waals surface area contributed by atoms with Gasteiger partial charge in [-0.3, -0.25) is 4.79 Å². The fourth-order valence-corrected chi connectivity index (χ4v) is 3.67. The summed E-state index contributed by atoms with van der Waals surface area (Å²) in [5.41, 5.74) is 7.82. The number of nitrogens with one attached hydrogen (secondary N) is 1. The second-order valence-corrected chi connectivity index (χ2v) is 7.12. The van der Waals surface area contributed by atoms with E-state index < -0.39 is 0 Å². The first-order valence-electron chi connectivity index (χ1n) is 9.53. The summed E-state index contributed by atoms with van der Waals surface area (Å²) in [4.78, 5) is 21.4. The summed E-state index contributed by atoms with van der Waals surface area (Å²) in [6.07, 6.45) is 1.92. The van der Waals surface area contributed by atoms with Crippen LogP contribution in [0.4, 0.5) is 0 Å². The zero-order chi connectivity index (χ0) is 19.5. The molecule has 0 radical (unpaired) electrons. The zero-order valence-corrected chi connectivity index (χ0v) is 15.6. The van der Waals surface area contributed by atoms with Crippen LogP contribution in [0, 0.1) is 5.92 Å². The first-order valence-corrected chi connectivity index (χ1v) is 9.53. The summed E-state index contributed by atoms with van der Waals surface area (Å²) in [5.74, 6) is 1.27. The molecule has 2 heterocycles. The summed E-state index contributed by atoms with van der Waals surface area (Å²) in [6, 6.07) is 13.1. The van der Waals surface area contributed by atoms with Gasteiger partial charge in [0.2, 0.25) is 5.91 Å². The highest BCUT2D eigenvalue weighted by Crippen LogP contribution is 2.36. The molecule has 3 aromatic rings. The molecule has 0 aliphatic carbocycles. The lowest BCUT2D eigenvalue weighted by atomic mass is 9.99. The Bertz CT molecular complexity index is 952. The largest absolute Gasteiger partial charge is 0.504 e. The van der Waals surface area contributed by atoms with Crippen molar-refractivity contribution in [1.82, 2.24) is 14.9 Å². The minimum atomic E-state index is -0.0283. The van der Waals surface area contributed by atoms with Crippen molar-refractivity contribution >= 4 is 16.9 Å². The van der Waals surface area contributed by atoms with Crippen molar-refractivity contribution in [3.63, 3.8) is 0 Å². The predicted octanol–water partition coefficient (Wildman–Crippen LogP) is 2.51. The molecule has 7 nitrogen and oxygen atoms in total. The number of carbonyl (C=O) groups excluding carboxylic acids is 1. The van der Waals surface area contributed by atoms with Gasteiger partial charge in [-0.25, -0.2) is 4.98 Å². The number of carbonyl (C=O) groups is 1. The molecule has 1 atom stereocenters. The van der Waals surface area contributed by atoms with Crippen molar-refractivity contribution in [1.29, 1.82) is 0 Å². The number of phenolic OH excluding ortho intramolecular Hbond substituents is 1. The molecule has 1 amide bonds. The number of rotatable bonds is 5. The Morgan fingerprint density at radius 3 is 2.96 bits per heavy atom. The molecule has 0 saturated carbocycles. The number of ether oxygens (including phenoxy) is 1. The van der Waals surface area contributed by atoms with Gasteiger partial charge >= 0.3 is 0 Å². The van der Waals surface area contributed by atoms with Crippen LogP contribution in [0.1, 0.15) is 12.8 Å². The minimum absolute atomic E-state index is 0.0283. The number of aromatic hydroxyl groups is 1. The van der Waals surface area contributed by atoms with Gasteiger partial charge in [-0.05, 0) is 37.1 Å². The van der Waals surface area contributed by atoms with E-state index in [1.54, 1.807) is 11.0 Å². The van der Waals surface area contributed by atoms with Crippen molar-refractivity contribution in [3.05, 3.63) is 42.5 Å². The van der Waals surface area contributed by atoms with Crippen LogP contribution in [-0.2, 0) is 4.79 Å². The van der Waals surface area contributed by atoms with Gasteiger partial charge in [0.05, 0.1) is 29.7 Å². The number of hydrogen-bond acceptors (Lipinski definition) is 5. The second-order valence-electron chi connectivity index (χ2n) is 7.12. The highest BCUT2D eigenvalue weighted by atomic mass is 16.5. The number of nitrogens with two attached hydrogens (primary N) is 1. The molecular formula is C21H24N4O3. The minimum Gasteiger partial charge on any atom is -0.504 e. The number of aromatic amines is 1. The van der Waals surface area contributed by atoms with E-state index in [-0.39, 0.29) is 24.1 Å². The maximum absolute atomic E-state index is 11.8. The van der Waals surface area contributed by atoms with Crippen molar-refractivity contribution in [2.24, 2.45) is 11.7 Å². The van der Waals surface area contributed by atoms with Gasteiger partial charge in [0.1, 0.15) is 5.82 Å². The Kier molecular flexibility index (Phi) is 5.16.